The first-order chi connectivity index (χ1) is 17.8. The first kappa shape index (κ1) is 24.4. The van der Waals surface area contributed by atoms with Crippen LogP contribution in [0.1, 0.15) is 22.4 Å². The van der Waals surface area contributed by atoms with Crippen LogP contribution < -0.4 is 15.5 Å². The number of thiocarbonyl (C=S) groups is 1. The number of aromatic nitrogens is 3. The van der Waals surface area contributed by atoms with Crippen molar-refractivity contribution in [3.8, 4) is 22.7 Å². The smallest absolute Gasteiger partial charge is 0.406 e. The van der Waals surface area contributed by atoms with Gasteiger partial charge in [0.25, 0.3) is 0 Å². The summed E-state index contributed by atoms with van der Waals surface area (Å²) in [7, 11) is 0. The molecule has 0 atom stereocenters. The van der Waals surface area contributed by atoms with E-state index in [1.54, 1.807) is 10.9 Å². The van der Waals surface area contributed by atoms with Gasteiger partial charge in [-0.05, 0) is 85.1 Å². The molecular weight excluding hydrogens is 501 g/mol. The molecule has 1 aliphatic rings. The molecule has 0 bridgehead atoms. The van der Waals surface area contributed by atoms with Crippen molar-refractivity contribution in [3.05, 3.63) is 89.1 Å². The van der Waals surface area contributed by atoms with Crippen molar-refractivity contribution in [2.75, 3.05) is 5.32 Å². The SMILES string of the molecule is Cc1ccccc1NC(=S)N/N=C/c1ccc2c(c1)CCc1c-2nnn1-c1ccc(OC(F)(F)F)cc1. The molecule has 7 nitrogen and oxygen atoms in total. The van der Waals surface area contributed by atoms with Crippen molar-refractivity contribution < 1.29 is 17.9 Å². The third kappa shape index (κ3) is 5.61. The normalized spacial score (nSPS) is 12.6. The minimum absolute atomic E-state index is 0.286. The highest BCUT2D eigenvalue weighted by Crippen LogP contribution is 2.33. The first-order valence-corrected chi connectivity index (χ1v) is 11.8. The molecule has 1 heterocycles. The topological polar surface area (TPSA) is 76.4 Å². The largest absolute Gasteiger partial charge is 0.573 e. The zero-order chi connectivity index (χ0) is 26.0. The quantitative estimate of drug-likeness (QED) is 0.203. The Labute approximate surface area is 216 Å². The number of anilines is 1. The summed E-state index contributed by atoms with van der Waals surface area (Å²) >= 11 is 5.31. The lowest BCUT2D eigenvalue weighted by Crippen LogP contribution is -2.24. The molecular formula is C26H21F3N6OS. The van der Waals surface area contributed by atoms with Crippen molar-refractivity contribution in [3.63, 3.8) is 0 Å². The van der Waals surface area contributed by atoms with Gasteiger partial charge in [0.2, 0.25) is 0 Å². The maximum Gasteiger partial charge on any atom is 0.573 e. The molecule has 1 aromatic heterocycles. The van der Waals surface area contributed by atoms with Crippen LogP contribution in [0.15, 0.2) is 71.8 Å². The summed E-state index contributed by atoms with van der Waals surface area (Å²) in [5.41, 5.74) is 10.1. The fourth-order valence-corrected chi connectivity index (χ4v) is 4.31. The zero-order valence-electron chi connectivity index (χ0n) is 19.6. The number of nitrogens with one attached hydrogen (secondary N) is 2. The number of nitrogens with zero attached hydrogens (tertiary/aromatic N) is 4. The Bertz CT molecular complexity index is 1480. The van der Waals surface area contributed by atoms with Crippen LogP contribution in [-0.4, -0.2) is 32.7 Å². The highest BCUT2D eigenvalue weighted by Gasteiger charge is 2.31. The molecule has 188 valence electrons. The van der Waals surface area contributed by atoms with Crippen molar-refractivity contribution in [2.24, 2.45) is 5.10 Å². The number of hydrogen-bond donors (Lipinski definition) is 2. The lowest BCUT2D eigenvalue weighted by atomic mass is 9.91. The molecule has 11 heteroatoms. The van der Waals surface area contributed by atoms with Gasteiger partial charge in [-0.1, -0.05) is 35.5 Å². The second kappa shape index (κ2) is 10.0. The van der Waals surface area contributed by atoms with Crippen LogP contribution >= 0.6 is 12.2 Å². The minimum Gasteiger partial charge on any atom is -0.406 e. The van der Waals surface area contributed by atoms with Crippen LogP contribution in [-0.2, 0) is 12.8 Å². The third-order valence-corrected chi connectivity index (χ3v) is 6.06. The third-order valence-electron chi connectivity index (χ3n) is 5.87. The van der Waals surface area contributed by atoms with E-state index in [9.17, 15) is 13.2 Å². The standard InChI is InChI=1S/C26H21F3N6OS/c1-16-4-2-3-5-22(16)31-25(37)33-30-15-17-6-12-21-18(14-17)7-13-23-24(21)32-34-35(23)19-8-10-20(11-9-19)36-26(27,28)29/h2-6,8-12,14-15H,7,13H2,1H3,(H2,31,33,37)/b30-15+. The molecule has 3 aromatic carbocycles. The second-order valence-corrected chi connectivity index (χ2v) is 8.80. The van der Waals surface area contributed by atoms with E-state index in [0.29, 0.717) is 17.2 Å². The van der Waals surface area contributed by atoms with Crippen molar-refractivity contribution in [1.82, 2.24) is 20.4 Å². The Morgan fingerprint density at radius 3 is 2.62 bits per heavy atom. The predicted octanol–water partition coefficient (Wildman–Crippen LogP) is 5.56. The monoisotopic (exact) mass is 522 g/mol. The molecule has 4 aromatic rings. The Morgan fingerprint density at radius 2 is 1.86 bits per heavy atom. The van der Waals surface area contributed by atoms with Gasteiger partial charge in [-0.25, -0.2) is 4.68 Å². The molecule has 0 saturated carbocycles. The molecule has 2 N–H and O–H groups in total. The number of rotatable bonds is 5. The zero-order valence-corrected chi connectivity index (χ0v) is 20.4. The number of fused-ring (bicyclic) bond motifs is 3. The Morgan fingerprint density at radius 1 is 1.08 bits per heavy atom. The van der Waals surface area contributed by atoms with Crippen LogP contribution in [0.2, 0.25) is 0 Å². The second-order valence-electron chi connectivity index (χ2n) is 8.39. The van der Waals surface area contributed by atoms with Crippen molar-refractivity contribution in [2.45, 2.75) is 26.1 Å². The van der Waals surface area contributed by atoms with Gasteiger partial charge in [0, 0.05) is 11.3 Å². The first-order valence-electron chi connectivity index (χ1n) is 11.4. The maximum atomic E-state index is 12.4. The van der Waals surface area contributed by atoms with E-state index in [-0.39, 0.29) is 5.75 Å². The van der Waals surface area contributed by atoms with Gasteiger partial charge in [-0.2, -0.15) is 5.10 Å². The number of ether oxygens (including phenoxy) is 1. The van der Waals surface area contributed by atoms with Crippen LogP contribution in [0.25, 0.3) is 16.9 Å². The van der Waals surface area contributed by atoms with E-state index in [2.05, 4.69) is 30.9 Å². The van der Waals surface area contributed by atoms with Crippen LogP contribution in [0.4, 0.5) is 18.9 Å². The minimum atomic E-state index is -4.73. The fourth-order valence-electron chi connectivity index (χ4n) is 4.15. The van der Waals surface area contributed by atoms with Crippen molar-refractivity contribution >= 4 is 29.2 Å². The highest BCUT2D eigenvalue weighted by atomic mass is 32.1. The lowest BCUT2D eigenvalue weighted by molar-refractivity contribution is -0.274. The molecule has 0 unspecified atom stereocenters. The molecule has 0 saturated heterocycles. The fraction of sp³-hybridized carbons (Fsp3) is 0.154. The average Bonchev–Trinajstić information content (AvgIpc) is 3.29. The highest BCUT2D eigenvalue weighted by molar-refractivity contribution is 7.80. The van der Waals surface area contributed by atoms with Gasteiger partial charge < -0.3 is 10.1 Å². The average molecular weight is 523 g/mol. The van der Waals surface area contributed by atoms with Gasteiger partial charge in [-0.15, -0.1) is 18.3 Å². The molecule has 0 fully saturated rings. The van der Waals surface area contributed by atoms with Crippen LogP contribution in [0.3, 0.4) is 0 Å². The van der Waals surface area contributed by atoms with Gasteiger partial charge in [0.1, 0.15) is 11.4 Å². The lowest BCUT2D eigenvalue weighted by Gasteiger charge is -2.17. The van der Waals surface area contributed by atoms with Crippen LogP contribution in [0, 0.1) is 6.92 Å². The summed E-state index contributed by atoms with van der Waals surface area (Å²) < 4.78 is 42.9. The van der Waals surface area contributed by atoms with Crippen molar-refractivity contribution in [1.29, 1.82) is 0 Å². The molecule has 0 amide bonds. The number of hydrogen-bond acceptors (Lipinski definition) is 5. The summed E-state index contributed by atoms with van der Waals surface area (Å²) in [5, 5.41) is 16.3. The van der Waals surface area contributed by atoms with Gasteiger partial charge in [0.05, 0.1) is 17.6 Å². The number of halogens is 3. The Hall–Kier alpha value is -4.25. The van der Waals surface area contributed by atoms with Gasteiger partial charge in [-0.3, -0.25) is 5.43 Å². The molecule has 0 spiro atoms. The number of para-hydroxylation sites is 1. The molecule has 0 aliphatic heterocycles. The maximum absolute atomic E-state index is 12.4. The summed E-state index contributed by atoms with van der Waals surface area (Å²) in [6.07, 6.45) is -1.60. The molecule has 5 rings (SSSR count). The number of hydrazone groups is 1. The van der Waals surface area contributed by atoms with E-state index in [0.717, 1.165) is 45.7 Å². The number of alkyl halides is 3. The van der Waals surface area contributed by atoms with E-state index < -0.39 is 6.36 Å². The Balaban J connectivity index is 1.28. The summed E-state index contributed by atoms with van der Waals surface area (Å²) in [5.74, 6) is -0.286. The van der Waals surface area contributed by atoms with E-state index >= 15 is 0 Å². The van der Waals surface area contributed by atoms with E-state index in [1.165, 1.54) is 24.3 Å². The molecule has 1 aliphatic carbocycles. The van der Waals surface area contributed by atoms with Gasteiger partial charge >= 0.3 is 6.36 Å². The summed E-state index contributed by atoms with van der Waals surface area (Å²) in [4.78, 5) is 0. The van der Waals surface area contributed by atoms with Crippen LogP contribution in [0.5, 0.6) is 5.75 Å². The predicted molar refractivity (Wildman–Crippen MR) is 139 cm³/mol. The van der Waals surface area contributed by atoms with E-state index in [1.807, 2.05) is 49.4 Å². The number of aryl methyl sites for hydroxylation is 2. The van der Waals surface area contributed by atoms with Gasteiger partial charge in [0.15, 0.2) is 5.11 Å². The molecule has 37 heavy (non-hydrogen) atoms. The van der Waals surface area contributed by atoms with E-state index in [4.69, 9.17) is 12.2 Å². The Kier molecular flexibility index (Phi) is 6.62. The molecule has 0 radical (unpaired) electrons. The summed E-state index contributed by atoms with van der Waals surface area (Å²) in [6.45, 7) is 1.99. The summed E-state index contributed by atoms with van der Waals surface area (Å²) in [6, 6.07) is 19.3. The number of benzene rings is 3.